The summed E-state index contributed by atoms with van der Waals surface area (Å²) >= 11 is 0. The predicted octanol–water partition coefficient (Wildman–Crippen LogP) is 2.32. The van der Waals surface area contributed by atoms with Gasteiger partial charge in [0.2, 0.25) is 11.8 Å². The predicted molar refractivity (Wildman–Crippen MR) is 120 cm³/mol. The molecule has 1 fully saturated rings. The number of carbonyl (C=O) groups excluding carboxylic acids is 4. The first kappa shape index (κ1) is 21.5. The van der Waals surface area contributed by atoms with E-state index >= 15 is 0 Å². The molecular formula is C24H26N4O4. The SMILES string of the molecule is Cc1ccc2c(c1)C(=O)N(CCC(=O)Nc1ccccc1N1CCC(C(N)=O)CC1)C2=O. The fourth-order valence-electron chi connectivity index (χ4n) is 4.29. The first-order valence-electron chi connectivity index (χ1n) is 10.7. The second kappa shape index (κ2) is 8.82. The number of primary amides is 1. The molecular weight excluding hydrogens is 408 g/mol. The van der Waals surface area contributed by atoms with Gasteiger partial charge in [0, 0.05) is 32.0 Å². The molecule has 0 unspecified atom stereocenters. The third kappa shape index (κ3) is 4.21. The summed E-state index contributed by atoms with van der Waals surface area (Å²) in [5.74, 6) is -1.39. The molecule has 0 atom stereocenters. The van der Waals surface area contributed by atoms with Gasteiger partial charge in [-0.1, -0.05) is 23.8 Å². The molecule has 32 heavy (non-hydrogen) atoms. The van der Waals surface area contributed by atoms with E-state index in [1.54, 1.807) is 18.2 Å². The molecule has 0 bridgehead atoms. The molecule has 166 valence electrons. The van der Waals surface area contributed by atoms with Gasteiger partial charge in [0.1, 0.15) is 0 Å². The van der Waals surface area contributed by atoms with Gasteiger partial charge in [0.15, 0.2) is 0 Å². The highest BCUT2D eigenvalue weighted by Crippen LogP contribution is 2.30. The number of anilines is 2. The van der Waals surface area contributed by atoms with Crippen molar-refractivity contribution in [1.82, 2.24) is 4.90 Å². The molecule has 0 spiro atoms. The van der Waals surface area contributed by atoms with E-state index in [4.69, 9.17) is 5.73 Å². The number of piperidine rings is 1. The minimum Gasteiger partial charge on any atom is -0.370 e. The Kier molecular flexibility index (Phi) is 5.94. The zero-order valence-electron chi connectivity index (χ0n) is 18.0. The summed E-state index contributed by atoms with van der Waals surface area (Å²) in [6, 6.07) is 12.6. The third-order valence-electron chi connectivity index (χ3n) is 6.10. The van der Waals surface area contributed by atoms with Crippen LogP contribution in [0.4, 0.5) is 11.4 Å². The van der Waals surface area contributed by atoms with Crippen LogP contribution < -0.4 is 16.0 Å². The van der Waals surface area contributed by atoms with Gasteiger partial charge >= 0.3 is 0 Å². The van der Waals surface area contributed by atoms with E-state index in [9.17, 15) is 19.2 Å². The van der Waals surface area contributed by atoms with Crippen molar-refractivity contribution < 1.29 is 19.2 Å². The normalized spacial score (nSPS) is 16.3. The number of aryl methyl sites for hydroxylation is 1. The van der Waals surface area contributed by atoms with Gasteiger partial charge in [-0.05, 0) is 44.0 Å². The number of carbonyl (C=O) groups is 4. The lowest BCUT2D eigenvalue weighted by atomic mass is 9.96. The summed E-state index contributed by atoms with van der Waals surface area (Å²) in [5, 5.41) is 2.90. The molecule has 4 amide bonds. The molecule has 2 aliphatic heterocycles. The maximum absolute atomic E-state index is 12.6. The summed E-state index contributed by atoms with van der Waals surface area (Å²) in [7, 11) is 0. The fourth-order valence-corrected chi connectivity index (χ4v) is 4.29. The lowest BCUT2D eigenvalue weighted by molar-refractivity contribution is -0.122. The number of hydrogen-bond acceptors (Lipinski definition) is 5. The molecule has 3 N–H and O–H groups in total. The van der Waals surface area contributed by atoms with Crippen molar-refractivity contribution in [3.05, 3.63) is 59.2 Å². The summed E-state index contributed by atoms with van der Waals surface area (Å²) in [5.41, 5.74) is 8.63. The van der Waals surface area contributed by atoms with Gasteiger partial charge in [-0.2, -0.15) is 0 Å². The second-order valence-corrected chi connectivity index (χ2v) is 8.29. The first-order chi connectivity index (χ1) is 15.3. The number of rotatable bonds is 6. The van der Waals surface area contributed by atoms with E-state index in [0.29, 0.717) is 42.7 Å². The number of nitrogens with zero attached hydrogens (tertiary/aromatic N) is 2. The molecule has 1 saturated heterocycles. The number of benzene rings is 2. The molecule has 0 aromatic heterocycles. The van der Waals surface area contributed by atoms with E-state index < -0.39 is 0 Å². The van der Waals surface area contributed by atoms with Gasteiger partial charge in [-0.25, -0.2) is 0 Å². The standard InChI is InChI=1S/C24H26N4O4/c1-15-6-7-17-18(14-15)24(32)28(23(17)31)13-10-21(29)26-19-4-2-3-5-20(19)27-11-8-16(9-12-27)22(25)30/h2-7,14,16H,8-13H2,1H3,(H2,25,30)(H,26,29). The maximum atomic E-state index is 12.6. The van der Waals surface area contributed by atoms with E-state index in [1.165, 1.54) is 0 Å². The Bertz CT molecular complexity index is 1090. The van der Waals surface area contributed by atoms with Crippen molar-refractivity contribution in [3.8, 4) is 0 Å². The minimum absolute atomic E-state index is 0.00251. The van der Waals surface area contributed by atoms with Crippen molar-refractivity contribution >= 4 is 35.0 Å². The monoisotopic (exact) mass is 434 g/mol. The van der Waals surface area contributed by atoms with Crippen molar-refractivity contribution in [3.63, 3.8) is 0 Å². The van der Waals surface area contributed by atoms with Crippen molar-refractivity contribution in [2.75, 3.05) is 29.9 Å². The quantitative estimate of drug-likeness (QED) is 0.678. The number of nitrogens with two attached hydrogens (primary N) is 1. The molecule has 0 saturated carbocycles. The zero-order valence-corrected chi connectivity index (χ0v) is 18.0. The number of amides is 4. The van der Waals surface area contributed by atoms with E-state index in [-0.39, 0.29) is 42.5 Å². The number of fused-ring (bicyclic) bond motifs is 1. The summed E-state index contributed by atoms with van der Waals surface area (Å²) in [6.45, 7) is 3.23. The van der Waals surface area contributed by atoms with Crippen LogP contribution in [0.1, 0.15) is 45.5 Å². The molecule has 8 heteroatoms. The summed E-state index contributed by atoms with van der Waals surface area (Å²) < 4.78 is 0. The first-order valence-corrected chi connectivity index (χ1v) is 10.7. The second-order valence-electron chi connectivity index (χ2n) is 8.29. The molecule has 0 aliphatic carbocycles. The highest BCUT2D eigenvalue weighted by molar-refractivity contribution is 6.21. The van der Waals surface area contributed by atoms with Crippen LogP contribution in [0.25, 0.3) is 0 Å². The number of nitrogens with one attached hydrogen (secondary N) is 1. The average molecular weight is 434 g/mol. The molecule has 0 radical (unpaired) electrons. The molecule has 8 nitrogen and oxygen atoms in total. The van der Waals surface area contributed by atoms with E-state index in [1.807, 2.05) is 31.2 Å². The smallest absolute Gasteiger partial charge is 0.261 e. The molecule has 2 aliphatic rings. The highest BCUT2D eigenvalue weighted by atomic mass is 16.2. The lowest BCUT2D eigenvalue weighted by Gasteiger charge is -2.33. The third-order valence-corrected chi connectivity index (χ3v) is 6.10. The van der Waals surface area contributed by atoms with Crippen LogP contribution in [0.15, 0.2) is 42.5 Å². The topological polar surface area (TPSA) is 113 Å². The minimum atomic E-state index is -0.365. The van der Waals surface area contributed by atoms with Crippen LogP contribution in [0.3, 0.4) is 0 Å². The van der Waals surface area contributed by atoms with Crippen LogP contribution in [0.5, 0.6) is 0 Å². The Hall–Kier alpha value is -3.68. The largest absolute Gasteiger partial charge is 0.370 e. The number of imide groups is 1. The average Bonchev–Trinajstić information content (AvgIpc) is 3.02. The molecule has 4 rings (SSSR count). The van der Waals surface area contributed by atoms with Gasteiger partial charge < -0.3 is 16.0 Å². The van der Waals surface area contributed by atoms with Crippen molar-refractivity contribution in [1.29, 1.82) is 0 Å². The van der Waals surface area contributed by atoms with Crippen LogP contribution in [-0.2, 0) is 9.59 Å². The van der Waals surface area contributed by atoms with Gasteiger partial charge in [-0.15, -0.1) is 0 Å². The highest BCUT2D eigenvalue weighted by Gasteiger charge is 2.35. The van der Waals surface area contributed by atoms with E-state index in [0.717, 1.165) is 16.2 Å². The summed E-state index contributed by atoms with van der Waals surface area (Å²) in [6.07, 6.45) is 1.36. The Morgan fingerprint density at radius 2 is 1.72 bits per heavy atom. The van der Waals surface area contributed by atoms with Crippen LogP contribution in [0, 0.1) is 12.8 Å². The fraction of sp³-hybridized carbons (Fsp3) is 0.333. The number of para-hydroxylation sites is 2. The van der Waals surface area contributed by atoms with E-state index in [2.05, 4.69) is 10.2 Å². The molecule has 2 aromatic carbocycles. The van der Waals surface area contributed by atoms with Crippen molar-refractivity contribution in [2.24, 2.45) is 11.7 Å². The Balaban J connectivity index is 1.38. The Labute approximate surface area is 186 Å². The zero-order chi connectivity index (χ0) is 22.8. The maximum Gasteiger partial charge on any atom is 0.261 e. The number of hydrogen-bond donors (Lipinski definition) is 2. The lowest BCUT2D eigenvalue weighted by Crippen LogP contribution is -2.39. The van der Waals surface area contributed by atoms with Crippen LogP contribution >= 0.6 is 0 Å². The Morgan fingerprint density at radius 3 is 2.44 bits per heavy atom. The Morgan fingerprint density at radius 1 is 1.03 bits per heavy atom. The van der Waals surface area contributed by atoms with Gasteiger partial charge in [0.05, 0.1) is 22.5 Å². The van der Waals surface area contributed by atoms with Gasteiger partial charge in [0.25, 0.3) is 11.8 Å². The summed E-state index contributed by atoms with van der Waals surface area (Å²) in [4.78, 5) is 52.5. The van der Waals surface area contributed by atoms with Crippen molar-refractivity contribution in [2.45, 2.75) is 26.2 Å². The van der Waals surface area contributed by atoms with Gasteiger partial charge in [-0.3, -0.25) is 24.1 Å². The molecule has 2 heterocycles. The van der Waals surface area contributed by atoms with Crippen LogP contribution in [0.2, 0.25) is 0 Å². The van der Waals surface area contributed by atoms with Crippen LogP contribution in [-0.4, -0.2) is 48.2 Å². The molecule has 2 aromatic rings.